The average molecular weight is 395 g/mol. The van der Waals surface area contributed by atoms with Crippen molar-refractivity contribution in [1.82, 2.24) is 5.32 Å². The van der Waals surface area contributed by atoms with Crippen molar-refractivity contribution in [3.05, 3.63) is 65.7 Å². The lowest BCUT2D eigenvalue weighted by Crippen LogP contribution is -2.37. The van der Waals surface area contributed by atoms with E-state index in [-0.39, 0.29) is 18.6 Å². The summed E-state index contributed by atoms with van der Waals surface area (Å²) in [6, 6.07) is 15.4. The molecule has 0 aliphatic carbocycles. The molecule has 0 bridgehead atoms. The van der Waals surface area contributed by atoms with E-state index in [1.165, 1.54) is 11.6 Å². The first kappa shape index (κ1) is 20.5. The van der Waals surface area contributed by atoms with E-state index in [4.69, 9.17) is 14.2 Å². The molecule has 0 unspecified atom stereocenters. The normalized spacial score (nSPS) is 14.4. The number of nitrogens with one attached hydrogen (secondary N) is 1. The van der Waals surface area contributed by atoms with Crippen LogP contribution in [0.5, 0.6) is 11.5 Å². The van der Waals surface area contributed by atoms with Crippen molar-refractivity contribution in [1.29, 1.82) is 0 Å². The number of esters is 1. The van der Waals surface area contributed by atoms with E-state index in [0.29, 0.717) is 18.0 Å². The summed E-state index contributed by atoms with van der Waals surface area (Å²) < 4.78 is 15.8. The Labute approximate surface area is 170 Å². The minimum Gasteiger partial charge on any atom is -0.454 e. The standard InChI is InChI=1S/C23H25NO5/c1-3-18(19-7-5-4-6-8-19)14-24-23(26)16(2)29-22(25)12-10-17-9-11-20-21(13-17)28-15-27-20/h4-13,16,18H,3,14-15H2,1-2H3,(H,24,26)/b12-10+/t16-,18-/m0/s1. The molecular weight excluding hydrogens is 370 g/mol. The Kier molecular flexibility index (Phi) is 6.89. The van der Waals surface area contributed by atoms with Gasteiger partial charge in [0.1, 0.15) is 0 Å². The second-order valence-electron chi connectivity index (χ2n) is 6.79. The summed E-state index contributed by atoms with van der Waals surface area (Å²) in [6.07, 6.45) is 2.92. The Bertz CT molecular complexity index is 878. The van der Waals surface area contributed by atoms with Crippen LogP contribution in [-0.2, 0) is 14.3 Å². The number of hydrogen-bond acceptors (Lipinski definition) is 5. The molecule has 0 aromatic heterocycles. The number of rotatable bonds is 8. The predicted octanol–water partition coefficient (Wildman–Crippen LogP) is 3.67. The minimum absolute atomic E-state index is 0.195. The van der Waals surface area contributed by atoms with Crippen LogP contribution in [0.25, 0.3) is 6.08 Å². The molecule has 1 aliphatic rings. The Hall–Kier alpha value is -3.28. The minimum atomic E-state index is -0.878. The second-order valence-corrected chi connectivity index (χ2v) is 6.79. The van der Waals surface area contributed by atoms with Crippen LogP contribution in [0.4, 0.5) is 0 Å². The quantitative estimate of drug-likeness (QED) is 0.545. The fourth-order valence-electron chi connectivity index (χ4n) is 3.04. The summed E-state index contributed by atoms with van der Waals surface area (Å²) in [5.74, 6) is 0.631. The molecule has 152 valence electrons. The number of carbonyl (C=O) groups is 2. The molecule has 0 saturated carbocycles. The molecule has 3 rings (SSSR count). The number of amides is 1. The van der Waals surface area contributed by atoms with E-state index in [1.54, 1.807) is 25.1 Å². The van der Waals surface area contributed by atoms with Crippen LogP contribution in [0.15, 0.2) is 54.6 Å². The topological polar surface area (TPSA) is 73.9 Å². The average Bonchev–Trinajstić information content (AvgIpc) is 3.21. The summed E-state index contributed by atoms with van der Waals surface area (Å²) in [7, 11) is 0. The van der Waals surface area contributed by atoms with Crippen LogP contribution < -0.4 is 14.8 Å². The third kappa shape index (κ3) is 5.60. The highest BCUT2D eigenvalue weighted by atomic mass is 16.7. The molecule has 29 heavy (non-hydrogen) atoms. The number of hydrogen-bond donors (Lipinski definition) is 1. The first-order valence-electron chi connectivity index (χ1n) is 9.67. The van der Waals surface area contributed by atoms with Gasteiger partial charge < -0.3 is 19.5 Å². The third-order valence-corrected chi connectivity index (χ3v) is 4.76. The van der Waals surface area contributed by atoms with Gasteiger partial charge in [0.15, 0.2) is 17.6 Å². The molecule has 0 radical (unpaired) electrons. The molecule has 2 atom stereocenters. The van der Waals surface area contributed by atoms with Crippen LogP contribution in [0.1, 0.15) is 37.3 Å². The van der Waals surface area contributed by atoms with Gasteiger partial charge >= 0.3 is 5.97 Å². The summed E-state index contributed by atoms with van der Waals surface area (Å²) in [5.41, 5.74) is 1.95. The predicted molar refractivity (Wildman–Crippen MR) is 110 cm³/mol. The molecule has 6 nitrogen and oxygen atoms in total. The molecule has 2 aromatic carbocycles. The van der Waals surface area contributed by atoms with Crippen molar-refractivity contribution in [3.8, 4) is 11.5 Å². The SMILES string of the molecule is CC[C@@H](CNC(=O)[C@H](C)OC(=O)/C=C/c1ccc2c(c1)OCO2)c1ccccc1. The molecule has 1 amide bonds. The summed E-state index contributed by atoms with van der Waals surface area (Å²) >= 11 is 0. The van der Waals surface area contributed by atoms with Crippen molar-refractivity contribution < 1.29 is 23.8 Å². The van der Waals surface area contributed by atoms with E-state index in [1.807, 2.05) is 36.4 Å². The molecule has 0 fully saturated rings. The number of benzene rings is 2. The van der Waals surface area contributed by atoms with Gasteiger partial charge in [-0.15, -0.1) is 0 Å². The molecular formula is C23H25NO5. The first-order chi connectivity index (χ1) is 14.1. The first-order valence-corrected chi connectivity index (χ1v) is 9.67. The van der Waals surface area contributed by atoms with Crippen molar-refractivity contribution >= 4 is 18.0 Å². The Morgan fingerprint density at radius 3 is 2.66 bits per heavy atom. The van der Waals surface area contributed by atoms with Gasteiger partial charge in [0.05, 0.1) is 0 Å². The highest BCUT2D eigenvalue weighted by molar-refractivity contribution is 5.90. The van der Waals surface area contributed by atoms with Crippen LogP contribution in [0.2, 0.25) is 0 Å². The second kappa shape index (κ2) is 9.78. The molecule has 1 heterocycles. The van der Waals surface area contributed by atoms with E-state index in [9.17, 15) is 9.59 Å². The maximum absolute atomic E-state index is 12.3. The fraction of sp³-hybridized carbons (Fsp3) is 0.304. The Balaban J connectivity index is 1.48. The van der Waals surface area contributed by atoms with Crippen LogP contribution >= 0.6 is 0 Å². The molecule has 2 aromatic rings. The smallest absolute Gasteiger partial charge is 0.331 e. The lowest BCUT2D eigenvalue weighted by molar-refractivity contribution is -0.150. The van der Waals surface area contributed by atoms with Gasteiger partial charge in [-0.3, -0.25) is 4.79 Å². The maximum Gasteiger partial charge on any atom is 0.331 e. The summed E-state index contributed by atoms with van der Waals surface area (Å²) in [5, 5.41) is 2.87. The van der Waals surface area contributed by atoms with E-state index in [0.717, 1.165) is 12.0 Å². The third-order valence-electron chi connectivity index (χ3n) is 4.76. The van der Waals surface area contributed by atoms with Crippen molar-refractivity contribution in [2.45, 2.75) is 32.3 Å². The molecule has 6 heteroatoms. The van der Waals surface area contributed by atoms with Crippen LogP contribution in [0, 0.1) is 0 Å². The molecule has 1 N–H and O–H groups in total. The summed E-state index contributed by atoms with van der Waals surface area (Å²) in [6.45, 7) is 4.33. The highest BCUT2D eigenvalue weighted by Gasteiger charge is 2.18. The maximum atomic E-state index is 12.3. The fourth-order valence-corrected chi connectivity index (χ4v) is 3.04. The van der Waals surface area contributed by atoms with Crippen molar-refractivity contribution in [2.75, 3.05) is 13.3 Å². The largest absolute Gasteiger partial charge is 0.454 e. The van der Waals surface area contributed by atoms with Crippen LogP contribution in [-0.4, -0.2) is 31.3 Å². The number of carbonyl (C=O) groups excluding carboxylic acids is 2. The highest BCUT2D eigenvalue weighted by Crippen LogP contribution is 2.32. The van der Waals surface area contributed by atoms with Crippen molar-refractivity contribution in [3.63, 3.8) is 0 Å². The van der Waals surface area contributed by atoms with Crippen molar-refractivity contribution in [2.24, 2.45) is 0 Å². The van der Waals surface area contributed by atoms with Gasteiger partial charge in [-0.25, -0.2) is 4.79 Å². The van der Waals surface area contributed by atoms with E-state index in [2.05, 4.69) is 12.2 Å². The Morgan fingerprint density at radius 2 is 1.90 bits per heavy atom. The van der Waals surface area contributed by atoms with Gasteiger partial charge in [0.25, 0.3) is 5.91 Å². The number of ether oxygens (including phenoxy) is 3. The van der Waals surface area contributed by atoms with Gasteiger partial charge in [-0.1, -0.05) is 43.3 Å². The molecule has 1 aliphatic heterocycles. The number of fused-ring (bicyclic) bond motifs is 1. The zero-order chi connectivity index (χ0) is 20.6. The lowest BCUT2D eigenvalue weighted by atomic mass is 9.96. The van der Waals surface area contributed by atoms with Crippen LogP contribution in [0.3, 0.4) is 0 Å². The summed E-state index contributed by atoms with van der Waals surface area (Å²) in [4.78, 5) is 24.3. The monoisotopic (exact) mass is 395 g/mol. The van der Waals surface area contributed by atoms with Gasteiger partial charge in [-0.2, -0.15) is 0 Å². The van der Waals surface area contributed by atoms with Gasteiger partial charge in [0, 0.05) is 18.5 Å². The van der Waals surface area contributed by atoms with Gasteiger partial charge in [-0.05, 0) is 42.7 Å². The van der Waals surface area contributed by atoms with E-state index >= 15 is 0 Å². The lowest BCUT2D eigenvalue weighted by Gasteiger charge is -2.18. The van der Waals surface area contributed by atoms with Gasteiger partial charge in [0.2, 0.25) is 6.79 Å². The molecule has 0 saturated heterocycles. The zero-order valence-corrected chi connectivity index (χ0v) is 16.6. The Morgan fingerprint density at radius 1 is 1.14 bits per heavy atom. The van der Waals surface area contributed by atoms with E-state index < -0.39 is 12.1 Å². The molecule has 0 spiro atoms. The zero-order valence-electron chi connectivity index (χ0n) is 16.6.